The van der Waals surface area contributed by atoms with E-state index in [0.29, 0.717) is 0 Å². The van der Waals surface area contributed by atoms with Gasteiger partial charge < -0.3 is 10.3 Å². The first-order valence-corrected chi connectivity index (χ1v) is 6.78. The van der Waals surface area contributed by atoms with E-state index in [0.717, 1.165) is 29.4 Å². The molecule has 0 amide bonds. The monoisotopic (exact) mass is 257 g/mol. The average molecular weight is 257 g/mol. The van der Waals surface area contributed by atoms with Gasteiger partial charge in [0.15, 0.2) is 0 Å². The van der Waals surface area contributed by atoms with E-state index in [-0.39, 0.29) is 5.41 Å². The summed E-state index contributed by atoms with van der Waals surface area (Å²) in [6.45, 7) is 11.6. The second-order valence-corrected chi connectivity index (χ2v) is 5.96. The smallest absolute Gasteiger partial charge is 0.131 e. The van der Waals surface area contributed by atoms with Gasteiger partial charge in [-0.05, 0) is 24.8 Å². The molecule has 102 valence electrons. The maximum absolute atomic E-state index is 6.17. The molecule has 0 saturated heterocycles. The molecule has 2 N–H and O–H groups in total. The molecule has 1 aromatic carbocycles. The van der Waals surface area contributed by atoms with Crippen molar-refractivity contribution in [1.82, 2.24) is 9.55 Å². The third-order valence-electron chi connectivity index (χ3n) is 3.54. The molecule has 0 unspecified atom stereocenters. The van der Waals surface area contributed by atoms with Gasteiger partial charge in [0.05, 0.1) is 0 Å². The number of hydrogen-bond donors (Lipinski definition) is 1. The number of nitrogens with zero attached hydrogens (tertiary/aromatic N) is 2. The van der Waals surface area contributed by atoms with Crippen LogP contribution in [0.15, 0.2) is 24.3 Å². The Morgan fingerprint density at radius 2 is 1.74 bits per heavy atom. The summed E-state index contributed by atoms with van der Waals surface area (Å²) in [4.78, 5) is 4.58. The summed E-state index contributed by atoms with van der Waals surface area (Å²) in [7, 11) is 0. The maximum Gasteiger partial charge on any atom is 0.131 e. The summed E-state index contributed by atoms with van der Waals surface area (Å²) in [5, 5.41) is 0. The second-order valence-electron chi connectivity index (χ2n) is 5.96. The van der Waals surface area contributed by atoms with E-state index in [2.05, 4.69) is 56.9 Å². The number of nitrogens with two attached hydrogens (primary N) is 1. The normalized spacial score (nSPS) is 11.8. The molecule has 1 aromatic heterocycles. The van der Waals surface area contributed by atoms with Crippen LogP contribution in [-0.2, 0) is 12.0 Å². The molecule has 2 aromatic rings. The molecule has 0 fully saturated rings. The Hall–Kier alpha value is -1.77. The maximum atomic E-state index is 6.17. The van der Waals surface area contributed by atoms with Gasteiger partial charge in [0, 0.05) is 12.1 Å². The van der Waals surface area contributed by atoms with E-state index in [9.17, 15) is 0 Å². The molecule has 0 aliphatic rings. The zero-order valence-electron chi connectivity index (χ0n) is 12.5. The molecule has 0 spiro atoms. The fraction of sp³-hybridized carbons (Fsp3) is 0.438. The van der Waals surface area contributed by atoms with E-state index in [1.165, 1.54) is 5.56 Å². The predicted molar refractivity (Wildman–Crippen MR) is 81.2 cm³/mol. The van der Waals surface area contributed by atoms with E-state index in [4.69, 9.17) is 5.73 Å². The number of rotatable bonds is 2. The number of benzene rings is 1. The van der Waals surface area contributed by atoms with Gasteiger partial charge in [0.1, 0.15) is 17.3 Å². The average Bonchev–Trinajstić information content (AvgIpc) is 2.63. The van der Waals surface area contributed by atoms with Gasteiger partial charge >= 0.3 is 0 Å². The molecule has 0 aliphatic carbocycles. The molecule has 0 radical (unpaired) electrons. The molecular weight excluding hydrogens is 234 g/mol. The lowest BCUT2D eigenvalue weighted by Crippen LogP contribution is -2.10. The Kier molecular flexibility index (Phi) is 3.40. The third-order valence-corrected chi connectivity index (χ3v) is 3.54. The van der Waals surface area contributed by atoms with Crippen LogP contribution in [0.25, 0.3) is 11.3 Å². The minimum absolute atomic E-state index is 0.169. The number of imidazole rings is 1. The van der Waals surface area contributed by atoms with Crippen molar-refractivity contribution < 1.29 is 0 Å². The van der Waals surface area contributed by atoms with E-state index >= 15 is 0 Å². The molecule has 0 saturated carbocycles. The summed E-state index contributed by atoms with van der Waals surface area (Å²) in [5.74, 6) is 1.72. The summed E-state index contributed by atoms with van der Waals surface area (Å²) < 4.78 is 2.03. The first-order chi connectivity index (χ1) is 8.84. The van der Waals surface area contributed by atoms with Gasteiger partial charge in [-0.2, -0.15) is 0 Å². The van der Waals surface area contributed by atoms with Crippen LogP contribution in [-0.4, -0.2) is 9.55 Å². The summed E-state index contributed by atoms with van der Waals surface area (Å²) in [6, 6.07) is 8.54. The van der Waals surface area contributed by atoms with Crippen molar-refractivity contribution in [2.24, 2.45) is 0 Å². The van der Waals surface area contributed by atoms with Crippen molar-refractivity contribution >= 4 is 5.82 Å². The van der Waals surface area contributed by atoms with Gasteiger partial charge in [-0.15, -0.1) is 0 Å². The molecule has 19 heavy (non-hydrogen) atoms. The first-order valence-electron chi connectivity index (χ1n) is 6.78. The van der Waals surface area contributed by atoms with Crippen molar-refractivity contribution in [2.75, 3.05) is 5.73 Å². The molecule has 0 aliphatic heterocycles. The molecular formula is C16H23N3. The minimum Gasteiger partial charge on any atom is -0.383 e. The lowest BCUT2D eigenvalue weighted by atomic mass is 9.86. The SMILES string of the molecule is CCn1c(C)nc(-c2ccc(C(C)(C)C)cc2)c1N. The Morgan fingerprint density at radius 1 is 1.16 bits per heavy atom. The number of aromatic nitrogens is 2. The van der Waals surface area contributed by atoms with Gasteiger partial charge in [0.25, 0.3) is 0 Å². The lowest BCUT2D eigenvalue weighted by molar-refractivity contribution is 0.590. The van der Waals surface area contributed by atoms with Gasteiger partial charge in [-0.25, -0.2) is 4.98 Å². The third kappa shape index (κ3) is 2.50. The number of anilines is 1. The molecule has 0 atom stereocenters. The van der Waals surface area contributed by atoms with Crippen LogP contribution >= 0.6 is 0 Å². The van der Waals surface area contributed by atoms with Gasteiger partial charge in [-0.3, -0.25) is 0 Å². The molecule has 3 heteroatoms. The van der Waals surface area contributed by atoms with Crippen molar-refractivity contribution in [3.63, 3.8) is 0 Å². The first kappa shape index (κ1) is 13.7. The zero-order chi connectivity index (χ0) is 14.2. The van der Waals surface area contributed by atoms with Crippen LogP contribution in [0, 0.1) is 6.92 Å². The van der Waals surface area contributed by atoms with Gasteiger partial charge in [0.2, 0.25) is 0 Å². The zero-order valence-corrected chi connectivity index (χ0v) is 12.5. The number of hydrogen-bond acceptors (Lipinski definition) is 2. The van der Waals surface area contributed by atoms with Crippen LogP contribution in [0.3, 0.4) is 0 Å². The molecule has 1 heterocycles. The summed E-state index contributed by atoms with van der Waals surface area (Å²) in [6.07, 6.45) is 0. The van der Waals surface area contributed by atoms with Crippen LogP contribution in [0.2, 0.25) is 0 Å². The van der Waals surface area contributed by atoms with E-state index in [1.807, 2.05) is 11.5 Å². The van der Waals surface area contributed by atoms with E-state index < -0.39 is 0 Å². The number of aryl methyl sites for hydroxylation is 1. The Bertz CT molecular complexity index is 571. The molecule has 0 bridgehead atoms. The fourth-order valence-electron chi connectivity index (χ4n) is 2.32. The van der Waals surface area contributed by atoms with Crippen molar-refractivity contribution in [2.45, 2.75) is 46.6 Å². The summed E-state index contributed by atoms with van der Waals surface area (Å²) >= 11 is 0. The van der Waals surface area contributed by atoms with Crippen LogP contribution < -0.4 is 5.73 Å². The minimum atomic E-state index is 0.169. The largest absolute Gasteiger partial charge is 0.383 e. The highest BCUT2D eigenvalue weighted by Gasteiger charge is 2.15. The van der Waals surface area contributed by atoms with Crippen molar-refractivity contribution in [3.05, 3.63) is 35.7 Å². The quantitative estimate of drug-likeness (QED) is 0.890. The predicted octanol–water partition coefficient (Wildman–Crippen LogP) is 3.76. The highest BCUT2D eigenvalue weighted by atomic mass is 15.1. The van der Waals surface area contributed by atoms with Crippen LogP contribution in [0.4, 0.5) is 5.82 Å². The van der Waals surface area contributed by atoms with Crippen LogP contribution in [0.1, 0.15) is 39.1 Å². The number of nitrogen functional groups attached to an aromatic ring is 1. The highest BCUT2D eigenvalue weighted by molar-refractivity contribution is 5.71. The Labute approximate surface area is 115 Å². The molecule has 2 rings (SSSR count). The van der Waals surface area contributed by atoms with Crippen LogP contribution in [0.5, 0.6) is 0 Å². The Morgan fingerprint density at radius 3 is 2.16 bits per heavy atom. The highest BCUT2D eigenvalue weighted by Crippen LogP contribution is 2.29. The summed E-state index contributed by atoms with van der Waals surface area (Å²) in [5.41, 5.74) is 9.63. The van der Waals surface area contributed by atoms with Gasteiger partial charge in [-0.1, -0.05) is 45.0 Å². The lowest BCUT2D eigenvalue weighted by Gasteiger charge is -2.19. The van der Waals surface area contributed by atoms with Crippen molar-refractivity contribution in [1.29, 1.82) is 0 Å². The fourth-order valence-corrected chi connectivity index (χ4v) is 2.32. The molecule has 3 nitrogen and oxygen atoms in total. The van der Waals surface area contributed by atoms with E-state index in [1.54, 1.807) is 0 Å². The van der Waals surface area contributed by atoms with Crippen molar-refractivity contribution in [3.8, 4) is 11.3 Å². The topological polar surface area (TPSA) is 43.8 Å². The standard InChI is InChI=1S/C16H23N3/c1-6-19-11(2)18-14(15(19)17)12-7-9-13(10-8-12)16(3,4)5/h7-10H,6,17H2,1-5H3. The Balaban J connectivity index is 2.43. The second kappa shape index (κ2) is 4.72.